The number of nitrogen functional groups attached to an aromatic ring is 1. The van der Waals surface area contributed by atoms with Gasteiger partial charge in [-0.15, -0.1) is 0 Å². The summed E-state index contributed by atoms with van der Waals surface area (Å²) < 4.78 is 40.3. The van der Waals surface area contributed by atoms with Crippen molar-refractivity contribution in [1.82, 2.24) is 0 Å². The number of nitrogens with one attached hydrogen (secondary N) is 1. The standard InChI is InChI=1S/C12H9BrClFN2O2S/c13-9-6-8(2-4-11(9)16)17-20(18,19)12-5-7(15)1-3-10(12)14/h1-6,17H,16H2. The van der Waals surface area contributed by atoms with Crippen LogP contribution in [0.4, 0.5) is 15.8 Å². The van der Waals surface area contributed by atoms with E-state index >= 15 is 0 Å². The molecule has 0 saturated heterocycles. The number of rotatable bonds is 3. The van der Waals surface area contributed by atoms with Gasteiger partial charge < -0.3 is 5.73 Å². The van der Waals surface area contributed by atoms with Crippen LogP contribution < -0.4 is 10.5 Å². The first-order valence-electron chi connectivity index (χ1n) is 5.32. The third kappa shape index (κ3) is 3.23. The molecule has 2 aromatic carbocycles. The summed E-state index contributed by atoms with van der Waals surface area (Å²) in [6.07, 6.45) is 0. The van der Waals surface area contributed by atoms with E-state index in [0.717, 1.165) is 12.1 Å². The van der Waals surface area contributed by atoms with Gasteiger partial charge in [-0.1, -0.05) is 11.6 Å². The van der Waals surface area contributed by atoms with Gasteiger partial charge in [-0.05, 0) is 52.3 Å². The summed E-state index contributed by atoms with van der Waals surface area (Å²) in [5.41, 5.74) is 6.37. The van der Waals surface area contributed by atoms with Crippen molar-refractivity contribution in [2.75, 3.05) is 10.5 Å². The molecule has 0 saturated carbocycles. The second-order valence-electron chi connectivity index (χ2n) is 3.92. The molecule has 2 rings (SSSR count). The van der Waals surface area contributed by atoms with E-state index in [1.807, 2.05) is 0 Å². The topological polar surface area (TPSA) is 72.2 Å². The first-order chi connectivity index (χ1) is 9.29. The Hall–Kier alpha value is -1.31. The molecule has 0 radical (unpaired) electrons. The van der Waals surface area contributed by atoms with Crippen molar-refractivity contribution in [1.29, 1.82) is 0 Å². The quantitative estimate of drug-likeness (QED) is 0.800. The molecular weight excluding hydrogens is 371 g/mol. The zero-order chi connectivity index (χ0) is 14.9. The van der Waals surface area contributed by atoms with Gasteiger partial charge in [0, 0.05) is 10.2 Å². The largest absolute Gasteiger partial charge is 0.398 e. The van der Waals surface area contributed by atoms with E-state index in [0.29, 0.717) is 10.2 Å². The molecule has 0 aliphatic carbocycles. The average Bonchev–Trinajstić information content (AvgIpc) is 2.36. The highest BCUT2D eigenvalue weighted by Crippen LogP contribution is 2.27. The smallest absolute Gasteiger partial charge is 0.263 e. The number of anilines is 2. The molecule has 0 atom stereocenters. The highest BCUT2D eigenvalue weighted by molar-refractivity contribution is 9.10. The molecule has 0 amide bonds. The van der Waals surface area contributed by atoms with Crippen LogP contribution in [-0.4, -0.2) is 8.42 Å². The van der Waals surface area contributed by atoms with Crippen molar-refractivity contribution >= 4 is 48.9 Å². The summed E-state index contributed by atoms with van der Waals surface area (Å²) in [5, 5.41) is -0.0617. The van der Waals surface area contributed by atoms with Crippen LogP contribution in [0.1, 0.15) is 0 Å². The zero-order valence-electron chi connectivity index (χ0n) is 9.90. The molecular formula is C12H9BrClFN2O2S. The van der Waals surface area contributed by atoms with Gasteiger partial charge in [-0.25, -0.2) is 12.8 Å². The van der Waals surface area contributed by atoms with Crippen LogP contribution in [0, 0.1) is 5.82 Å². The maximum atomic E-state index is 13.2. The van der Waals surface area contributed by atoms with Crippen LogP contribution in [0.2, 0.25) is 5.02 Å². The minimum absolute atomic E-state index is 0.0617. The highest BCUT2D eigenvalue weighted by Gasteiger charge is 2.19. The summed E-state index contributed by atoms with van der Waals surface area (Å²) in [4.78, 5) is -0.327. The Morgan fingerprint density at radius 1 is 1.20 bits per heavy atom. The van der Waals surface area contributed by atoms with E-state index in [-0.39, 0.29) is 15.6 Å². The Morgan fingerprint density at radius 3 is 2.55 bits per heavy atom. The van der Waals surface area contributed by atoms with E-state index in [1.165, 1.54) is 24.3 Å². The zero-order valence-corrected chi connectivity index (χ0v) is 13.1. The molecule has 3 N–H and O–H groups in total. The number of benzene rings is 2. The van der Waals surface area contributed by atoms with Gasteiger partial charge in [0.2, 0.25) is 0 Å². The summed E-state index contributed by atoms with van der Waals surface area (Å²) in [5.74, 6) is -0.687. The van der Waals surface area contributed by atoms with Crippen molar-refractivity contribution in [3.63, 3.8) is 0 Å². The molecule has 0 bridgehead atoms. The van der Waals surface area contributed by atoms with Gasteiger partial charge in [0.25, 0.3) is 10.0 Å². The molecule has 0 heterocycles. The first kappa shape index (κ1) is 15.1. The average molecular weight is 380 g/mol. The lowest BCUT2D eigenvalue weighted by atomic mass is 10.3. The fourth-order valence-corrected chi connectivity index (χ4v) is 3.42. The minimum Gasteiger partial charge on any atom is -0.398 e. The lowest BCUT2D eigenvalue weighted by Gasteiger charge is -2.10. The number of nitrogens with two attached hydrogens (primary N) is 1. The van der Waals surface area contributed by atoms with Crippen molar-refractivity contribution in [3.05, 3.63) is 51.7 Å². The SMILES string of the molecule is Nc1ccc(NS(=O)(=O)c2cc(F)ccc2Cl)cc1Br. The predicted octanol–water partition coefficient (Wildman–Crippen LogP) is 3.62. The summed E-state index contributed by atoms with van der Waals surface area (Å²) in [6.45, 7) is 0. The summed E-state index contributed by atoms with van der Waals surface area (Å²) in [7, 11) is -3.98. The molecule has 0 aromatic heterocycles. The Bertz CT molecular complexity index is 768. The van der Waals surface area contributed by atoms with Crippen molar-refractivity contribution in [2.24, 2.45) is 0 Å². The van der Waals surface area contributed by atoms with E-state index in [1.54, 1.807) is 0 Å². The molecule has 8 heteroatoms. The van der Waals surface area contributed by atoms with Crippen molar-refractivity contribution < 1.29 is 12.8 Å². The third-order valence-corrected chi connectivity index (χ3v) is 4.99. The molecule has 0 unspecified atom stereocenters. The summed E-state index contributed by atoms with van der Waals surface area (Å²) >= 11 is 8.98. The van der Waals surface area contributed by atoms with E-state index in [4.69, 9.17) is 17.3 Å². The Balaban J connectivity index is 2.40. The maximum Gasteiger partial charge on any atom is 0.263 e. The van der Waals surface area contributed by atoms with Crippen LogP contribution in [0.25, 0.3) is 0 Å². The van der Waals surface area contributed by atoms with Crippen LogP contribution in [-0.2, 0) is 10.0 Å². The molecule has 0 fully saturated rings. The number of sulfonamides is 1. The molecule has 4 nitrogen and oxygen atoms in total. The van der Waals surface area contributed by atoms with Crippen LogP contribution in [0.5, 0.6) is 0 Å². The molecule has 2 aromatic rings. The van der Waals surface area contributed by atoms with Crippen LogP contribution >= 0.6 is 27.5 Å². The van der Waals surface area contributed by atoms with Crippen molar-refractivity contribution in [2.45, 2.75) is 4.90 Å². The second-order valence-corrected chi connectivity index (χ2v) is 6.83. The fourth-order valence-electron chi connectivity index (χ4n) is 1.48. The number of hydrogen-bond acceptors (Lipinski definition) is 3. The minimum atomic E-state index is -3.98. The Kier molecular flexibility index (Phi) is 4.22. The van der Waals surface area contributed by atoms with Gasteiger partial charge in [0.15, 0.2) is 0 Å². The normalized spacial score (nSPS) is 11.3. The van der Waals surface area contributed by atoms with Gasteiger partial charge in [0.1, 0.15) is 10.7 Å². The molecule has 106 valence electrons. The monoisotopic (exact) mass is 378 g/mol. The third-order valence-electron chi connectivity index (χ3n) is 2.44. The fraction of sp³-hybridized carbons (Fsp3) is 0. The predicted molar refractivity (Wildman–Crippen MR) is 80.8 cm³/mol. The summed E-state index contributed by atoms with van der Waals surface area (Å²) in [6, 6.07) is 7.66. The van der Waals surface area contributed by atoms with E-state index in [9.17, 15) is 12.8 Å². The highest BCUT2D eigenvalue weighted by atomic mass is 79.9. The maximum absolute atomic E-state index is 13.2. The molecule has 0 spiro atoms. The number of hydrogen-bond donors (Lipinski definition) is 2. The van der Waals surface area contributed by atoms with Crippen molar-refractivity contribution in [3.8, 4) is 0 Å². The van der Waals surface area contributed by atoms with E-state index in [2.05, 4.69) is 20.7 Å². The number of halogens is 3. The molecule has 0 aliphatic rings. The Labute approximate surface area is 128 Å². The lowest BCUT2D eigenvalue weighted by molar-refractivity contribution is 0.595. The molecule has 20 heavy (non-hydrogen) atoms. The molecule has 0 aliphatic heterocycles. The first-order valence-corrected chi connectivity index (χ1v) is 7.98. The lowest BCUT2D eigenvalue weighted by Crippen LogP contribution is -2.13. The van der Waals surface area contributed by atoms with Crippen LogP contribution in [0.3, 0.4) is 0 Å². The van der Waals surface area contributed by atoms with Gasteiger partial charge in [-0.2, -0.15) is 0 Å². The Morgan fingerprint density at radius 2 is 1.90 bits per heavy atom. The van der Waals surface area contributed by atoms with E-state index < -0.39 is 15.8 Å². The van der Waals surface area contributed by atoms with Crippen LogP contribution in [0.15, 0.2) is 45.8 Å². The van der Waals surface area contributed by atoms with Gasteiger partial charge >= 0.3 is 0 Å². The second kappa shape index (κ2) is 5.59. The van der Waals surface area contributed by atoms with Gasteiger partial charge in [-0.3, -0.25) is 4.72 Å². The van der Waals surface area contributed by atoms with Gasteiger partial charge in [0.05, 0.1) is 10.7 Å².